The Bertz CT molecular complexity index is 1080. The Morgan fingerprint density at radius 1 is 1.21 bits per heavy atom. The second kappa shape index (κ2) is 7.13. The van der Waals surface area contributed by atoms with Crippen molar-refractivity contribution in [3.63, 3.8) is 0 Å². The van der Waals surface area contributed by atoms with Crippen molar-refractivity contribution in [3.05, 3.63) is 41.7 Å². The van der Waals surface area contributed by atoms with Crippen LogP contribution in [0.3, 0.4) is 0 Å². The van der Waals surface area contributed by atoms with Crippen molar-refractivity contribution in [2.75, 3.05) is 5.75 Å². The molecule has 2 heterocycles. The van der Waals surface area contributed by atoms with Gasteiger partial charge in [0.2, 0.25) is 0 Å². The summed E-state index contributed by atoms with van der Waals surface area (Å²) < 4.78 is 40.7. The van der Waals surface area contributed by atoms with Gasteiger partial charge in [-0.2, -0.15) is 18.4 Å². The first-order chi connectivity index (χ1) is 13.1. The average Bonchev–Trinajstić information content (AvgIpc) is 2.97. The standard InChI is InChI=1S/C20H19F3N4S/c1-5-28-16-8-12(19(2,3)11-24)6-7-13(16)18-26-14-9-17(20(21,22)23)25-10-15(14)27(18)4/h6-10H,5H2,1-4H3. The number of alkyl halides is 3. The lowest BCUT2D eigenvalue weighted by Crippen LogP contribution is -2.14. The number of aromatic nitrogens is 3. The number of aryl methyl sites for hydroxylation is 1. The fraction of sp³-hybridized carbons (Fsp3) is 0.350. The molecule has 28 heavy (non-hydrogen) atoms. The molecular formula is C20H19F3N4S. The number of hydrogen-bond donors (Lipinski definition) is 0. The molecule has 0 bridgehead atoms. The lowest BCUT2D eigenvalue weighted by atomic mass is 9.86. The van der Waals surface area contributed by atoms with E-state index in [9.17, 15) is 18.4 Å². The van der Waals surface area contributed by atoms with Crippen LogP contribution in [0.2, 0.25) is 0 Å². The number of hydrogen-bond acceptors (Lipinski definition) is 4. The second-order valence-electron chi connectivity index (χ2n) is 6.93. The number of benzene rings is 1. The molecule has 0 spiro atoms. The zero-order chi connectivity index (χ0) is 20.7. The number of halogens is 3. The minimum atomic E-state index is -4.51. The highest BCUT2D eigenvalue weighted by atomic mass is 32.2. The average molecular weight is 404 g/mol. The second-order valence-corrected chi connectivity index (χ2v) is 8.24. The van der Waals surface area contributed by atoms with Crippen LogP contribution in [-0.2, 0) is 18.6 Å². The molecule has 0 unspecified atom stereocenters. The molecule has 0 fully saturated rings. The predicted octanol–water partition coefficient (Wildman–Crippen LogP) is 5.57. The van der Waals surface area contributed by atoms with Crippen molar-refractivity contribution >= 4 is 22.8 Å². The van der Waals surface area contributed by atoms with E-state index in [4.69, 9.17) is 0 Å². The van der Waals surface area contributed by atoms with E-state index in [0.717, 1.165) is 27.8 Å². The van der Waals surface area contributed by atoms with Gasteiger partial charge in [0, 0.05) is 17.5 Å². The van der Waals surface area contributed by atoms with Crippen molar-refractivity contribution in [2.24, 2.45) is 7.05 Å². The number of rotatable bonds is 4. The Balaban J connectivity index is 2.18. The Morgan fingerprint density at radius 2 is 1.93 bits per heavy atom. The molecule has 0 saturated heterocycles. The van der Waals surface area contributed by atoms with E-state index in [1.807, 2.05) is 39.0 Å². The lowest BCUT2D eigenvalue weighted by Gasteiger charge is -2.18. The fourth-order valence-corrected chi connectivity index (χ4v) is 3.76. The third-order valence-electron chi connectivity index (χ3n) is 4.58. The first kappa shape index (κ1) is 20.2. The van der Waals surface area contributed by atoms with Crippen LogP contribution in [0.15, 0.2) is 35.4 Å². The maximum atomic E-state index is 13.0. The third-order valence-corrected chi connectivity index (χ3v) is 5.52. The molecule has 3 aromatic rings. The summed E-state index contributed by atoms with van der Waals surface area (Å²) in [6, 6.07) is 8.98. The number of nitrogens with zero attached hydrogens (tertiary/aromatic N) is 4. The molecule has 0 amide bonds. The molecular weight excluding hydrogens is 385 g/mol. The molecule has 0 aliphatic carbocycles. The van der Waals surface area contributed by atoms with Gasteiger partial charge >= 0.3 is 6.18 Å². The topological polar surface area (TPSA) is 54.5 Å². The maximum absolute atomic E-state index is 13.0. The fourth-order valence-electron chi connectivity index (χ4n) is 2.92. The maximum Gasteiger partial charge on any atom is 0.433 e. The summed E-state index contributed by atoms with van der Waals surface area (Å²) in [5.74, 6) is 1.38. The Kier molecular flexibility index (Phi) is 5.15. The minimum Gasteiger partial charge on any atom is -0.326 e. The van der Waals surface area contributed by atoms with Crippen LogP contribution in [0.25, 0.3) is 22.4 Å². The molecule has 3 rings (SSSR count). The molecule has 0 N–H and O–H groups in total. The van der Waals surface area contributed by atoms with Gasteiger partial charge < -0.3 is 4.57 Å². The zero-order valence-corrected chi connectivity index (χ0v) is 16.7. The first-order valence-electron chi connectivity index (χ1n) is 8.67. The van der Waals surface area contributed by atoms with E-state index in [2.05, 4.69) is 16.0 Å². The van der Waals surface area contributed by atoms with Crippen molar-refractivity contribution in [1.82, 2.24) is 14.5 Å². The van der Waals surface area contributed by atoms with Gasteiger partial charge in [-0.05, 0) is 43.4 Å². The molecule has 8 heteroatoms. The summed E-state index contributed by atoms with van der Waals surface area (Å²) in [7, 11) is 1.76. The first-order valence-corrected chi connectivity index (χ1v) is 9.65. The number of thioether (sulfide) groups is 1. The summed E-state index contributed by atoms with van der Waals surface area (Å²) in [6.07, 6.45) is -3.31. The smallest absolute Gasteiger partial charge is 0.326 e. The van der Waals surface area contributed by atoms with Gasteiger partial charge in [-0.25, -0.2) is 9.97 Å². The summed E-state index contributed by atoms with van der Waals surface area (Å²) in [6.45, 7) is 5.72. The molecule has 4 nitrogen and oxygen atoms in total. The summed E-state index contributed by atoms with van der Waals surface area (Å²) in [5, 5.41) is 9.41. The largest absolute Gasteiger partial charge is 0.433 e. The minimum absolute atomic E-state index is 0.244. The molecule has 0 saturated carbocycles. The van der Waals surface area contributed by atoms with Crippen LogP contribution in [0.1, 0.15) is 32.0 Å². The van der Waals surface area contributed by atoms with Crippen molar-refractivity contribution < 1.29 is 13.2 Å². The summed E-state index contributed by atoms with van der Waals surface area (Å²) >= 11 is 1.61. The molecule has 0 aliphatic heterocycles. The molecule has 0 aliphatic rings. The third kappa shape index (κ3) is 3.59. The van der Waals surface area contributed by atoms with Gasteiger partial charge in [-0.3, -0.25) is 0 Å². The van der Waals surface area contributed by atoms with E-state index < -0.39 is 17.3 Å². The van der Waals surface area contributed by atoms with E-state index >= 15 is 0 Å². The van der Waals surface area contributed by atoms with Crippen molar-refractivity contribution in [3.8, 4) is 17.5 Å². The van der Waals surface area contributed by atoms with Crippen molar-refractivity contribution in [1.29, 1.82) is 5.26 Å². The van der Waals surface area contributed by atoms with Gasteiger partial charge in [0.15, 0.2) is 0 Å². The summed E-state index contributed by atoms with van der Waals surface area (Å²) in [5.41, 5.74) is 0.870. The van der Waals surface area contributed by atoms with Gasteiger partial charge in [0.25, 0.3) is 0 Å². The molecule has 1 aromatic carbocycles. The Labute approximate surface area is 165 Å². The number of pyridine rings is 1. The van der Waals surface area contributed by atoms with Gasteiger partial charge in [0.05, 0.1) is 28.7 Å². The van der Waals surface area contributed by atoms with Crippen LogP contribution in [0.5, 0.6) is 0 Å². The van der Waals surface area contributed by atoms with Crippen LogP contribution in [-0.4, -0.2) is 20.3 Å². The van der Waals surface area contributed by atoms with E-state index in [-0.39, 0.29) is 5.52 Å². The zero-order valence-electron chi connectivity index (χ0n) is 15.9. The number of fused-ring (bicyclic) bond motifs is 1. The molecule has 146 valence electrons. The highest BCUT2D eigenvalue weighted by Crippen LogP contribution is 2.37. The van der Waals surface area contributed by atoms with Gasteiger partial charge in [-0.1, -0.05) is 13.0 Å². The SMILES string of the molecule is CCSc1cc(C(C)(C)C#N)ccc1-c1nc2cc(C(F)(F)F)ncc2n1C. The van der Waals surface area contributed by atoms with Gasteiger partial charge in [0.1, 0.15) is 11.5 Å². The van der Waals surface area contributed by atoms with E-state index in [1.165, 1.54) is 6.20 Å². The highest BCUT2D eigenvalue weighted by Gasteiger charge is 2.33. The van der Waals surface area contributed by atoms with Crippen molar-refractivity contribution in [2.45, 2.75) is 37.3 Å². The number of imidazole rings is 1. The van der Waals surface area contributed by atoms with Crippen LogP contribution in [0.4, 0.5) is 13.2 Å². The lowest BCUT2D eigenvalue weighted by molar-refractivity contribution is -0.141. The normalized spacial score (nSPS) is 12.4. The van der Waals surface area contributed by atoms with E-state index in [0.29, 0.717) is 11.3 Å². The summed E-state index contributed by atoms with van der Waals surface area (Å²) in [4.78, 5) is 8.93. The molecule has 2 aromatic heterocycles. The monoisotopic (exact) mass is 404 g/mol. The van der Waals surface area contributed by atoms with Crippen LogP contribution < -0.4 is 0 Å². The highest BCUT2D eigenvalue weighted by molar-refractivity contribution is 7.99. The molecule has 0 atom stereocenters. The number of nitriles is 1. The quantitative estimate of drug-likeness (QED) is 0.534. The molecule has 0 radical (unpaired) electrons. The van der Waals surface area contributed by atoms with Gasteiger partial charge in [-0.15, -0.1) is 11.8 Å². The predicted molar refractivity (Wildman–Crippen MR) is 104 cm³/mol. The Hall–Kier alpha value is -2.53. The van der Waals surface area contributed by atoms with Crippen LogP contribution >= 0.6 is 11.8 Å². The van der Waals surface area contributed by atoms with E-state index in [1.54, 1.807) is 23.4 Å². The van der Waals surface area contributed by atoms with Crippen LogP contribution in [0, 0.1) is 11.3 Å². The Morgan fingerprint density at radius 3 is 2.54 bits per heavy atom.